The van der Waals surface area contributed by atoms with Gasteiger partial charge in [0.05, 0.1) is 10.7 Å². The van der Waals surface area contributed by atoms with E-state index in [0.717, 1.165) is 0 Å². The highest BCUT2D eigenvalue weighted by Gasteiger charge is 2.31. The first kappa shape index (κ1) is 13.8. The van der Waals surface area contributed by atoms with Gasteiger partial charge in [-0.25, -0.2) is 0 Å². The van der Waals surface area contributed by atoms with Crippen LogP contribution in [0.3, 0.4) is 0 Å². The molecule has 0 radical (unpaired) electrons. The van der Waals surface area contributed by atoms with Gasteiger partial charge in [0, 0.05) is 0 Å². The second kappa shape index (κ2) is 5.56. The predicted molar refractivity (Wildman–Crippen MR) is 63.9 cm³/mol. The molecular formula is C12H8BrF3O3. The van der Waals surface area contributed by atoms with Gasteiger partial charge >= 0.3 is 6.36 Å². The van der Waals surface area contributed by atoms with Crippen LogP contribution in [-0.2, 0) is 6.61 Å². The van der Waals surface area contributed by atoms with E-state index >= 15 is 0 Å². The molecule has 1 heterocycles. The van der Waals surface area contributed by atoms with E-state index in [2.05, 4.69) is 20.7 Å². The fourth-order valence-corrected chi connectivity index (χ4v) is 1.77. The van der Waals surface area contributed by atoms with E-state index in [1.54, 1.807) is 12.1 Å². The summed E-state index contributed by atoms with van der Waals surface area (Å²) in [5.41, 5.74) is 0. The van der Waals surface area contributed by atoms with Gasteiger partial charge < -0.3 is 13.9 Å². The Morgan fingerprint density at radius 2 is 2.00 bits per heavy atom. The maximum absolute atomic E-state index is 12.1. The minimum Gasteiger partial charge on any atom is -0.486 e. The van der Waals surface area contributed by atoms with Gasteiger partial charge in [0.2, 0.25) is 0 Å². The molecule has 19 heavy (non-hydrogen) atoms. The molecular weight excluding hydrogens is 329 g/mol. The Kier molecular flexibility index (Phi) is 4.04. The first-order chi connectivity index (χ1) is 8.94. The Bertz CT molecular complexity index is 538. The van der Waals surface area contributed by atoms with Crippen molar-refractivity contribution >= 4 is 15.9 Å². The number of ether oxygens (including phenoxy) is 2. The van der Waals surface area contributed by atoms with Crippen molar-refractivity contribution < 1.29 is 27.1 Å². The molecule has 2 rings (SSSR count). The molecule has 0 unspecified atom stereocenters. The molecule has 0 atom stereocenters. The topological polar surface area (TPSA) is 31.6 Å². The van der Waals surface area contributed by atoms with Crippen LogP contribution in [0.15, 0.2) is 45.5 Å². The molecule has 0 saturated carbocycles. The zero-order chi connectivity index (χ0) is 13.9. The zero-order valence-corrected chi connectivity index (χ0v) is 11.0. The smallest absolute Gasteiger partial charge is 0.486 e. The van der Waals surface area contributed by atoms with Gasteiger partial charge in [-0.2, -0.15) is 0 Å². The molecule has 0 fully saturated rings. The highest BCUT2D eigenvalue weighted by Crippen LogP contribution is 2.33. The Hall–Kier alpha value is -1.63. The number of alkyl halides is 3. The van der Waals surface area contributed by atoms with E-state index in [0.29, 0.717) is 11.5 Å². The number of rotatable bonds is 4. The van der Waals surface area contributed by atoms with E-state index in [4.69, 9.17) is 9.15 Å². The average Bonchev–Trinajstić information content (AvgIpc) is 2.81. The van der Waals surface area contributed by atoms with Gasteiger partial charge in [-0.05, 0) is 46.3 Å². The molecule has 0 aliphatic heterocycles. The first-order valence-electron chi connectivity index (χ1n) is 5.14. The summed E-state index contributed by atoms with van der Waals surface area (Å²) in [5.74, 6) is 0.697. The molecule has 3 nitrogen and oxygen atoms in total. The van der Waals surface area contributed by atoms with Crippen molar-refractivity contribution in [3.8, 4) is 11.5 Å². The maximum Gasteiger partial charge on any atom is 0.573 e. The summed E-state index contributed by atoms with van der Waals surface area (Å²) in [6.07, 6.45) is -3.21. The zero-order valence-electron chi connectivity index (χ0n) is 9.41. The standard InChI is InChI=1S/C12H8BrF3O3/c13-10-6-8(18-7-9-2-1-5-17-9)3-4-11(10)19-12(14,15)16/h1-6H,7H2. The van der Waals surface area contributed by atoms with Crippen molar-refractivity contribution in [2.24, 2.45) is 0 Å². The molecule has 0 N–H and O–H groups in total. The lowest BCUT2D eigenvalue weighted by atomic mass is 10.3. The Labute approximate surface area is 115 Å². The highest BCUT2D eigenvalue weighted by atomic mass is 79.9. The minimum absolute atomic E-state index is 0.154. The van der Waals surface area contributed by atoms with Gasteiger partial charge in [-0.1, -0.05) is 0 Å². The van der Waals surface area contributed by atoms with Crippen LogP contribution in [-0.4, -0.2) is 6.36 Å². The van der Waals surface area contributed by atoms with Crippen molar-refractivity contribution in [1.82, 2.24) is 0 Å². The summed E-state index contributed by atoms with van der Waals surface area (Å²) in [6.45, 7) is 0.193. The predicted octanol–water partition coefficient (Wildman–Crippen LogP) is 4.52. The first-order valence-corrected chi connectivity index (χ1v) is 5.94. The quantitative estimate of drug-likeness (QED) is 0.822. The third-order valence-electron chi connectivity index (χ3n) is 2.09. The molecule has 7 heteroatoms. The van der Waals surface area contributed by atoms with Crippen LogP contribution < -0.4 is 9.47 Å². The molecule has 1 aromatic heterocycles. The number of benzene rings is 1. The van der Waals surface area contributed by atoms with Gasteiger partial charge in [0.15, 0.2) is 0 Å². The Morgan fingerprint density at radius 1 is 1.21 bits per heavy atom. The van der Waals surface area contributed by atoms with Gasteiger partial charge in [-0.15, -0.1) is 13.2 Å². The third-order valence-corrected chi connectivity index (χ3v) is 2.71. The number of hydrogen-bond acceptors (Lipinski definition) is 3. The van der Waals surface area contributed by atoms with Gasteiger partial charge in [0.25, 0.3) is 0 Å². The largest absolute Gasteiger partial charge is 0.573 e. The van der Waals surface area contributed by atoms with Crippen LogP contribution in [0.5, 0.6) is 11.5 Å². The van der Waals surface area contributed by atoms with E-state index in [9.17, 15) is 13.2 Å². The van der Waals surface area contributed by atoms with Crippen LogP contribution in [0.4, 0.5) is 13.2 Å². The van der Waals surface area contributed by atoms with E-state index in [1.165, 1.54) is 24.5 Å². The fourth-order valence-electron chi connectivity index (χ4n) is 1.33. The molecule has 0 spiro atoms. The molecule has 0 saturated heterocycles. The third kappa shape index (κ3) is 4.20. The molecule has 2 aromatic rings. The van der Waals surface area contributed by atoms with Crippen molar-refractivity contribution in [3.63, 3.8) is 0 Å². The summed E-state index contributed by atoms with van der Waals surface area (Å²) in [7, 11) is 0. The van der Waals surface area contributed by atoms with Crippen LogP contribution in [0.1, 0.15) is 5.76 Å². The SMILES string of the molecule is FC(F)(F)Oc1ccc(OCc2ccco2)cc1Br. The normalized spacial score (nSPS) is 11.4. The summed E-state index contributed by atoms with van der Waals surface area (Å²) < 4.78 is 50.6. The summed E-state index contributed by atoms with van der Waals surface area (Å²) in [5, 5.41) is 0. The number of hydrogen-bond donors (Lipinski definition) is 0. The van der Waals surface area contributed by atoms with Crippen molar-refractivity contribution in [2.45, 2.75) is 13.0 Å². The molecule has 0 aliphatic rings. The molecule has 1 aromatic carbocycles. The molecule has 0 bridgehead atoms. The number of halogens is 4. The fraction of sp³-hybridized carbons (Fsp3) is 0.167. The van der Waals surface area contributed by atoms with Crippen LogP contribution in [0.25, 0.3) is 0 Å². The monoisotopic (exact) mass is 336 g/mol. The molecule has 102 valence electrons. The second-order valence-electron chi connectivity index (χ2n) is 3.51. The number of furan rings is 1. The average molecular weight is 337 g/mol. The van der Waals surface area contributed by atoms with Gasteiger partial charge in [-0.3, -0.25) is 0 Å². The lowest BCUT2D eigenvalue weighted by Crippen LogP contribution is -2.17. The summed E-state index contributed by atoms with van der Waals surface area (Å²) in [4.78, 5) is 0. The van der Waals surface area contributed by atoms with Crippen LogP contribution in [0, 0.1) is 0 Å². The van der Waals surface area contributed by atoms with Crippen LogP contribution >= 0.6 is 15.9 Å². The lowest BCUT2D eigenvalue weighted by Gasteiger charge is -2.11. The molecule has 0 amide bonds. The molecule has 0 aliphatic carbocycles. The minimum atomic E-state index is -4.72. The van der Waals surface area contributed by atoms with Gasteiger partial charge in [0.1, 0.15) is 23.9 Å². The van der Waals surface area contributed by atoms with E-state index < -0.39 is 6.36 Å². The van der Waals surface area contributed by atoms with Crippen LogP contribution in [0.2, 0.25) is 0 Å². The van der Waals surface area contributed by atoms with E-state index in [1.807, 2.05) is 0 Å². The van der Waals surface area contributed by atoms with E-state index in [-0.39, 0.29) is 16.8 Å². The summed E-state index contributed by atoms with van der Waals surface area (Å²) >= 11 is 2.99. The van der Waals surface area contributed by atoms with Crippen molar-refractivity contribution in [1.29, 1.82) is 0 Å². The Balaban J connectivity index is 2.02. The second-order valence-corrected chi connectivity index (χ2v) is 4.36. The van der Waals surface area contributed by atoms with Crippen molar-refractivity contribution in [2.75, 3.05) is 0 Å². The lowest BCUT2D eigenvalue weighted by molar-refractivity contribution is -0.274. The summed E-state index contributed by atoms with van der Waals surface area (Å²) in [6, 6.07) is 7.40. The maximum atomic E-state index is 12.1. The highest BCUT2D eigenvalue weighted by molar-refractivity contribution is 9.10. The van der Waals surface area contributed by atoms with Crippen molar-refractivity contribution in [3.05, 3.63) is 46.8 Å². The Morgan fingerprint density at radius 3 is 2.58 bits per heavy atom.